The van der Waals surface area contributed by atoms with E-state index in [2.05, 4.69) is 20.3 Å². The Kier molecular flexibility index (Phi) is 5.33. The van der Waals surface area contributed by atoms with E-state index in [1.54, 1.807) is 4.57 Å². The third kappa shape index (κ3) is 3.62. The van der Waals surface area contributed by atoms with Crippen LogP contribution in [-0.2, 0) is 11.2 Å². The zero-order chi connectivity index (χ0) is 20.5. The molecule has 0 bridgehead atoms. The van der Waals surface area contributed by atoms with E-state index in [-0.39, 0.29) is 11.9 Å². The highest BCUT2D eigenvalue weighted by atomic mass is 16.6. The second-order valence-electron chi connectivity index (χ2n) is 7.20. The van der Waals surface area contributed by atoms with Crippen LogP contribution in [0, 0.1) is 0 Å². The normalized spacial score (nSPS) is 25.4. The van der Waals surface area contributed by atoms with Crippen LogP contribution in [0.5, 0.6) is 0 Å². The van der Waals surface area contributed by atoms with E-state index in [9.17, 15) is 15.3 Å². The molecule has 29 heavy (non-hydrogen) atoms. The number of anilines is 2. The van der Waals surface area contributed by atoms with Crippen LogP contribution in [0.4, 0.5) is 11.8 Å². The first-order chi connectivity index (χ1) is 14.0. The molecule has 1 aromatic carbocycles. The molecule has 1 fully saturated rings. The number of hydrogen-bond acceptors (Lipinski definition) is 9. The van der Waals surface area contributed by atoms with Crippen molar-refractivity contribution >= 4 is 22.9 Å². The van der Waals surface area contributed by atoms with Crippen molar-refractivity contribution in [2.45, 2.75) is 43.9 Å². The van der Waals surface area contributed by atoms with Crippen molar-refractivity contribution in [2.24, 2.45) is 0 Å². The number of ether oxygens (including phenoxy) is 1. The molecule has 154 valence electrons. The lowest BCUT2D eigenvalue weighted by Crippen LogP contribution is -2.33. The number of benzene rings is 1. The van der Waals surface area contributed by atoms with Gasteiger partial charge in [0.1, 0.15) is 24.6 Å². The Hall–Kier alpha value is -2.79. The van der Waals surface area contributed by atoms with E-state index < -0.39 is 31.1 Å². The van der Waals surface area contributed by atoms with Crippen LogP contribution in [-0.4, -0.2) is 65.8 Å². The summed E-state index contributed by atoms with van der Waals surface area (Å²) >= 11 is 0. The molecule has 0 aliphatic carbocycles. The first-order valence-corrected chi connectivity index (χ1v) is 9.41. The number of nitrogen functional groups attached to an aromatic ring is 1. The summed E-state index contributed by atoms with van der Waals surface area (Å²) in [6, 6.07) is 9.98. The average Bonchev–Trinajstić information content (AvgIpc) is 3.20. The lowest BCUT2D eigenvalue weighted by Gasteiger charge is -2.21. The van der Waals surface area contributed by atoms with Gasteiger partial charge < -0.3 is 31.1 Å². The minimum Gasteiger partial charge on any atom is -0.394 e. The Morgan fingerprint density at radius 3 is 2.66 bits per heavy atom. The number of aliphatic hydroxyl groups excluding tert-OH is 3. The number of rotatable bonds is 6. The molecular formula is C19H24N6O4. The zero-order valence-corrected chi connectivity index (χ0v) is 15.9. The van der Waals surface area contributed by atoms with Crippen LogP contribution in [0.15, 0.2) is 36.7 Å². The van der Waals surface area contributed by atoms with E-state index in [0.29, 0.717) is 17.1 Å². The predicted molar refractivity (Wildman–Crippen MR) is 106 cm³/mol. The van der Waals surface area contributed by atoms with E-state index in [4.69, 9.17) is 10.5 Å². The quantitative estimate of drug-likeness (QED) is 0.387. The van der Waals surface area contributed by atoms with Gasteiger partial charge in [0.05, 0.1) is 6.61 Å². The zero-order valence-electron chi connectivity index (χ0n) is 15.9. The molecule has 1 aliphatic rings. The van der Waals surface area contributed by atoms with Crippen molar-refractivity contribution in [3.63, 3.8) is 0 Å². The number of fused-ring (bicyclic) bond motifs is 1. The Bertz CT molecular complexity index is 981. The molecule has 4 rings (SSSR count). The second kappa shape index (κ2) is 7.91. The molecule has 10 nitrogen and oxygen atoms in total. The van der Waals surface area contributed by atoms with Gasteiger partial charge in [0.2, 0.25) is 5.95 Å². The molecule has 2 aromatic heterocycles. The van der Waals surface area contributed by atoms with Gasteiger partial charge in [0.25, 0.3) is 0 Å². The Balaban J connectivity index is 1.70. The van der Waals surface area contributed by atoms with Crippen LogP contribution in [0.2, 0.25) is 0 Å². The molecular weight excluding hydrogens is 376 g/mol. The number of imidazole rings is 1. The topological polar surface area (TPSA) is 152 Å². The lowest BCUT2D eigenvalue weighted by atomic mass is 10.1. The van der Waals surface area contributed by atoms with Gasteiger partial charge in [-0.2, -0.15) is 0 Å². The van der Waals surface area contributed by atoms with Crippen LogP contribution in [0.3, 0.4) is 0 Å². The molecule has 3 heterocycles. The van der Waals surface area contributed by atoms with Gasteiger partial charge >= 0.3 is 0 Å². The molecule has 1 saturated heterocycles. The maximum atomic E-state index is 10.5. The Labute approximate surface area is 167 Å². The highest BCUT2D eigenvalue weighted by Crippen LogP contribution is 2.35. The number of nitrogens with zero attached hydrogens (tertiary/aromatic N) is 4. The van der Waals surface area contributed by atoms with Crippen molar-refractivity contribution in [1.29, 1.82) is 0 Å². The summed E-state index contributed by atoms with van der Waals surface area (Å²) in [5.74, 6) is 0.574. The van der Waals surface area contributed by atoms with Crippen LogP contribution < -0.4 is 11.1 Å². The number of hydrogen-bond donors (Lipinski definition) is 5. The fourth-order valence-corrected chi connectivity index (χ4v) is 3.60. The molecule has 10 heteroatoms. The van der Waals surface area contributed by atoms with Crippen LogP contribution >= 0.6 is 0 Å². The minimum absolute atomic E-state index is 0.0146. The van der Waals surface area contributed by atoms with E-state index in [1.165, 1.54) is 6.33 Å². The molecule has 3 aromatic rings. The highest BCUT2D eigenvalue weighted by Gasteiger charge is 2.45. The van der Waals surface area contributed by atoms with Gasteiger partial charge in [-0.25, -0.2) is 15.0 Å². The second-order valence-corrected chi connectivity index (χ2v) is 7.20. The number of nitrogens with one attached hydrogen (secondary N) is 1. The van der Waals surface area contributed by atoms with Gasteiger partial charge in [-0.3, -0.25) is 4.57 Å². The largest absolute Gasteiger partial charge is 0.394 e. The summed E-state index contributed by atoms with van der Waals surface area (Å²) < 4.78 is 7.25. The smallest absolute Gasteiger partial charge is 0.207 e. The Morgan fingerprint density at radius 1 is 1.21 bits per heavy atom. The highest BCUT2D eigenvalue weighted by molar-refractivity contribution is 5.84. The Morgan fingerprint density at radius 2 is 1.97 bits per heavy atom. The van der Waals surface area contributed by atoms with Crippen molar-refractivity contribution < 1.29 is 20.1 Å². The summed E-state index contributed by atoms with van der Waals surface area (Å²) in [7, 11) is 0. The third-order valence-electron chi connectivity index (χ3n) is 5.04. The molecule has 1 aliphatic heterocycles. The number of aromatic nitrogens is 4. The third-order valence-corrected chi connectivity index (χ3v) is 5.04. The molecule has 0 radical (unpaired) electrons. The lowest BCUT2D eigenvalue weighted by molar-refractivity contribution is -0.0501. The molecule has 0 spiro atoms. The summed E-state index contributed by atoms with van der Waals surface area (Å²) in [4.78, 5) is 12.7. The summed E-state index contributed by atoms with van der Waals surface area (Å²) in [5, 5.41) is 33.4. The molecule has 0 amide bonds. The van der Waals surface area contributed by atoms with Crippen LogP contribution in [0.25, 0.3) is 11.2 Å². The fraction of sp³-hybridized carbons (Fsp3) is 0.421. The SMILES string of the molecule is C[C@H](Cc1ccccc1)Nc1nc2c(N)ncnc2n1[C@@H]1O[C@H](CO)C(O)C1O. The van der Waals surface area contributed by atoms with Gasteiger partial charge in [-0.05, 0) is 18.9 Å². The van der Waals surface area contributed by atoms with E-state index in [1.807, 2.05) is 37.3 Å². The molecule has 2 unspecified atom stereocenters. The maximum absolute atomic E-state index is 10.5. The molecule has 5 atom stereocenters. The summed E-state index contributed by atoms with van der Waals surface area (Å²) in [6.45, 7) is 1.58. The fourth-order valence-electron chi connectivity index (χ4n) is 3.60. The van der Waals surface area contributed by atoms with E-state index >= 15 is 0 Å². The maximum Gasteiger partial charge on any atom is 0.207 e. The van der Waals surface area contributed by atoms with Gasteiger partial charge in [-0.1, -0.05) is 30.3 Å². The van der Waals surface area contributed by atoms with E-state index in [0.717, 1.165) is 12.0 Å². The summed E-state index contributed by atoms with van der Waals surface area (Å²) in [5.41, 5.74) is 7.84. The monoisotopic (exact) mass is 400 g/mol. The average molecular weight is 400 g/mol. The van der Waals surface area contributed by atoms with Crippen molar-refractivity contribution in [3.05, 3.63) is 42.2 Å². The standard InChI is InChI=1S/C19H24N6O4/c1-10(7-11-5-3-2-4-6-11)23-19-24-13-16(20)21-9-22-17(13)25(19)18-15(28)14(27)12(8-26)29-18/h2-6,9-10,12,14-15,18,26-28H,7-8H2,1H3,(H,23,24)(H2,20,21,22)/t10-,12-,14?,15?,18-/m1/s1. The summed E-state index contributed by atoms with van der Waals surface area (Å²) in [6.07, 6.45) is -2.38. The molecule has 0 saturated carbocycles. The van der Waals surface area contributed by atoms with Crippen molar-refractivity contribution in [2.75, 3.05) is 17.7 Å². The first-order valence-electron chi connectivity index (χ1n) is 9.41. The number of aliphatic hydroxyl groups is 3. The predicted octanol–water partition coefficient (Wildman–Crippen LogP) is 0.0631. The van der Waals surface area contributed by atoms with Gasteiger partial charge in [-0.15, -0.1) is 0 Å². The van der Waals surface area contributed by atoms with Crippen molar-refractivity contribution in [3.8, 4) is 0 Å². The van der Waals surface area contributed by atoms with Gasteiger partial charge in [0, 0.05) is 6.04 Å². The van der Waals surface area contributed by atoms with Gasteiger partial charge in [0.15, 0.2) is 23.2 Å². The van der Waals surface area contributed by atoms with Crippen molar-refractivity contribution in [1.82, 2.24) is 19.5 Å². The first kappa shape index (κ1) is 19.5. The number of nitrogens with two attached hydrogens (primary N) is 1. The molecule has 6 N–H and O–H groups in total. The van der Waals surface area contributed by atoms with Crippen LogP contribution in [0.1, 0.15) is 18.7 Å². The minimum atomic E-state index is -1.27.